The topological polar surface area (TPSA) is 49.9 Å². The maximum Gasteiger partial charge on any atom is 0.254 e. The van der Waals surface area contributed by atoms with Crippen molar-refractivity contribution in [3.8, 4) is 5.75 Å². The van der Waals surface area contributed by atoms with Gasteiger partial charge in [0, 0.05) is 31.7 Å². The number of rotatable bonds is 4. The van der Waals surface area contributed by atoms with Crippen LogP contribution in [-0.2, 0) is 10.2 Å². The van der Waals surface area contributed by atoms with Gasteiger partial charge in [0.25, 0.3) is 5.91 Å². The van der Waals surface area contributed by atoms with E-state index in [9.17, 15) is 9.59 Å². The third-order valence-corrected chi connectivity index (χ3v) is 6.36. The molecule has 5 nitrogen and oxygen atoms in total. The Kier molecular flexibility index (Phi) is 5.56. The largest absolute Gasteiger partial charge is 0.497 e. The molecule has 0 radical (unpaired) electrons. The van der Waals surface area contributed by atoms with Crippen LogP contribution in [0.5, 0.6) is 5.75 Å². The van der Waals surface area contributed by atoms with Crippen LogP contribution >= 0.6 is 0 Å². The lowest BCUT2D eigenvalue weighted by Gasteiger charge is -2.40. The second-order valence-corrected chi connectivity index (χ2v) is 7.97. The Labute approximate surface area is 172 Å². The minimum absolute atomic E-state index is 0.00496. The number of hydrogen-bond donors (Lipinski definition) is 0. The summed E-state index contributed by atoms with van der Waals surface area (Å²) in [6, 6.07) is 17.5. The number of carbonyl (C=O) groups is 2. The Bertz CT molecular complexity index is 867. The van der Waals surface area contributed by atoms with E-state index in [2.05, 4.69) is 12.1 Å². The lowest BCUT2D eigenvalue weighted by Crippen LogP contribution is -2.55. The molecule has 29 heavy (non-hydrogen) atoms. The predicted molar refractivity (Wildman–Crippen MR) is 112 cm³/mol. The molecular weight excluding hydrogens is 364 g/mol. The molecular formula is C24H28N2O3. The van der Waals surface area contributed by atoms with Gasteiger partial charge >= 0.3 is 0 Å². The van der Waals surface area contributed by atoms with E-state index >= 15 is 0 Å². The van der Waals surface area contributed by atoms with E-state index in [1.54, 1.807) is 13.2 Å². The molecule has 2 amide bonds. The van der Waals surface area contributed by atoms with Crippen LogP contribution in [0.25, 0.3) is 0 Å². The number of ether oxygens (including phenoxy) is 1. The summed E-state index contributed by atoms with van der Waals surface area (Å²) in [5.74, 6) is 0.903. The van der Waals surface area contributed by atoms with Crippen LogP contribution in [0.1, 0.15) is 41.6 Å². The SMILES string of the molecule is COc1cccc(C(=O)N2CCN(C(=O)C3(c4ccccc4)CCCC3)CC2)c1. The quantitative estimate of drug-likeness (QED) is 0.800. The van der Waals surface area contributed by atoms with Crippen molar-refractivity contribution in [2.45, 2.75) is 31.1 Å². The van der Waals surface area contributed by atoms with Gasteiger partial charge in [0.1, 0.15) is 5.75 Å². The smallest absolute Gasteiger partial charge is 0.254 e. The van der Waals surface area contributed by atoms with Crippen LogP contribution in [0.3, 0.4) is 0 Å². The predicted octanol–water partition coefficient (Wildman–Crippen LogP) is 3.49. The molecule has 1 aliphatic heterocycles. The normalized spacial score (nSPS) is 18.5. The average Bonchev–Trinajstić information content (AvgIpc) is 3.30. The van der Waals surface area contributed by atoms with Crippen LogP contribution in [0.4, 0.5) is 0 Å². The highest BCUT2D eigenvalue weighted by molar-refractivity contribution is 5.95. The molecule has 152 valence electrons. The lowest BCUT2D eigenvalue weighted by atomic mass is 9.77. The Balaban J connectivity index is 1.45. The summed E-state index contributed by atoms with van der Waals surface area (Å²) >= 11 is 0. The number of hydrogen-bond acceptors (Lipinski definition) is 3. The highest BCUT2D eigenvalue weighted by Crippen LogP contribution is 2.42. The number of piperazine rings is 1. The second-order valence-electron chi connectivity index (χ2n) is 7.97. The fourth-order valence-electron chi connectivity index (χ4n) is 4.72. The fourth-order valence-corrected chi connectivity index (χ4v) is 4.72. The average molecular weight is 392 g/mol. The summed E-state index contributed by atoms with van der Waals surface area (Å²) in [5, 5.41) is 0. The van der Waals surface area contributed by atoms with E-state index in [4.69, 9.17) is 4.74 Å². The zero-order chi connectivity index (χ0) is 20.3. The summed E-state index contributed by atoms with van der Waals surface area (Å²) < 4.78 is 5.23. The van der Waals surface area contributed by atoms with Crippen molar-refractivity contribution in [3.05, 3.63) is 65.7 Å². The van der Waals surface area contributed by atoms with Gasteiger partial charge in [-0.25, -0.2) is 0 Å². The molecule has 0 atom stereocenters. The molecule has 4 rings (SSSR count). The molecule has 2 aromatic carbocycles. The molecule has 0 aromatic heterocycles. The van der Waals surface area contributed by atoms with Crippen LogP contribution in [0.2, 0.25) is 0 Å². The monoisotopic (exact) mass is 392 g/mol. The number of nitrogens with zero attached hydrogens (tertiary/aromatic N) is 2. The van der Waals surface area contributed by atoms with Gasteiger partial charge in [-0.2, -0.15) is 0 Å². The first-order chi connectivity index (χ1) is 14.1. The maximum absolute atomic E-state index is 13.6. The van der Waals surface area contributed by atoms with Crippen molar-refractivity contribution >= 4 is 11.8 Å². The Hall–Kier alpha value is -2.82. The number of carbonyl (C=O) groups excluding carboxylic acids is 2. The summed E-state index contributed by atoms with van der Waals surface area (Å²) in [5.41, 5.74) is 1.37. The summed E-state index contributed by atoms with van der Waals surface area (Å²) in [7, 11) is 1.60. The minimum Gasteiger partial charge on any atom is -0.497 e. The lowest BCUT2D eigenvalue weighted by molar-refractivity contribution is -0.138. The maximum atomic E-state index is 13.6. The van der Waals surface area contributed by atoms with Crippen molar-refractivity contribution in [1.82, 2.24) is 9.80 Å². The van der Waals surface area contributed by atoms with Crippen molar-refractivity contribution in [2.75, 3.05) is 33.3 Å². The van der Waals surface area contributed by atoms with Crippen LogP contribution in [-0.4, -0.2) is 54.9 Å². The van der Waals surface area contributed by atoms with Gasteiger partial charge in [-0.05, 0) is 36.6 Å². The standard InChI is InChI=1S/C24H28N2O3/c1-29-21-11-7-8-19(18-21)22(27)25-14-16-26(17-15-25)23(28)24(12-5-6-13-24)20-9-3-2-4-10-20/h2-4,7-11,18H,5-6,12-17H2,1H3. The van der Waals surface area contributed by atoms with E-state index in [1.165, 1.54) is 0 Å². The van der Waals surface area contributed by atoms with Crippen molar-refractivity contribution in [2.24, 2.45) is 0 Å². The Morgan fingerprint density at radius 1 is 0.862 bits per heavy atom. The second kappa shape index (κ2) is 8.27. The summed E-state index contributed by atoms with van der Waals surface area (Å²) in [6.07, 6.45) is 4.02. The molecule has 0 bridgehead atoms. The summed E-state index contributed by atoms with van der Waals surface area (Å²) in [6.45, 7) is 2.30. The Morgan fingerprint density at radius 3 is 2.17 bits per heavy atom. The molecule has 1 aliphatic carbocycles. The van der Waals surface area contributed by atoms with Crippen molar-refractivity contribution in [1.29, 1.82) is 0 Å². The van der Waals surface area contributed by atoms with Crippen LogP contribution in [0.15, 0.2) is 54.6 Å². The van der Waals surface area contributed by atoms with E-state index < -0.39 is 0 Å². The van der Waals surface area contributed by atoms with Gasteiger partial charge < -0.3 is 14.5 Å². The minimum atomic E-state index is -0.389. The van der Waals surface area contributed by atoms with Gasteiger partial charge in [0.2, 0.25) is 5.91 Å². The molecule has 0 unspecified atom stereocenters. The van der Waals surface area contributed by atoms with E-state index in [-0.39, 0.29) is 17.2 Å². The number of amides is 2. The molecule has 0 N–H and O–H groups in total. The molecule has 0 spiro atoms. The molecule has 1 saturated heterocycles. The third kappa shape index (κ3) is 3.74. The van der Waals surface area contributed by atoms with E-state index in [1.807, 2.05) is 46.2 Å². The zero-order valence-corrected chi connectivity index (χ0v) is 17.0. The number of benzene rings is 2. The van der Waals surface area contributed by atoms with E-state index in [0.29, 0.717) is 37.5 Å². The highest BCUT2D eigenvalue weighted by Gasteiger charge is 2.45. The van der Waals surface area contributed by atoms with Gasteiger partial charge in [0.05, 0.1) is 12.5 Å². The van der Waals surface area contributed by atoms with Gasteiger partial charge in [0.15, 0.2) is 0 Å². The molecule has 1 saturated carbocycles. The first-order valence-corrected chi connectivity index (χ1v) is 10.4. The molecule has 1 heterocycles. The van der Waals surface area contributed by atoms with E-state index in [0.717, 1.165) is 31.2 Å². The van der Waals surface area contributed by atoms with Gasteiger partial charge in [-0.3, -0.25) is 9.59 Å². The van der Waals surface area contributed by atoms with Crippen LogP contribution in [0, 0.1) is 0 Å². The molecule has 2 fully saturated rings. The first-order valence-electron chi connectivity index (χ1n) is 10.4. The van der Waals surface area contributed by atoms with Gasteiger partial charge in [-0.1, -0.05) is 49.2 Å². The van der Waals surface area contributed by atoms with Crippen molar-refractivity contribution in [3.63, 3.8) is 0 Å². The molecule has 2 aliphatic rings. The zero-order valence-electron chi connectivity index (χ0n) is 17.0. The fraction of sp³-hybridized carbons (Fsp3) is 0.417. The third-order valence-electron chi connectivity index (χ3n) is 6.36. The molecule has 2 aromatic rings. The van der Waals surface area contributed by atoms with Gasteiger partial charge in [-0.15, -0.1) is 0 Å². The highest BCUT2D eigenvalue weighted by atomic mass is 16.5. The summed E-state index contributed by atoms with van der Waals surface area (Å²) in [4.78, 5) is 30.2. The molecule has 5 heteroatoms. The van der Waals surface area contributed by atoms with Crippen molar-refractivity contribution < 1.29 is 14.3 Å². The Morgan fingerprint density at radius 2 is 1.52 bits per heavy atom. The first kappa shape index (κ1) is 19.5. The van der Waals surface area contributed by atoms with Crippen LogP contribution < -0.4 is 4.74 Å². The number of methoxy groups -OCH3 is 1.